The van der Waals surface area contributed by atoms with Crippen LogP contribution in [0.1, 0.15) is 25.8 Å². The average molecular weight is 443 g/mol. The first-order chi connectivity index (χ1) is 15.4. The molecule has 3 rings (SSSR count). The second-order valence-corrected chi connectivity index (χ2v) is 8.41. The van der Waals surface area contributed by atoms with Crippen molar-refractivity contribution in [3.05, 3.63) is 42.1 Å². The van der Waals surface area contributed by atoms with Crippen LogP contribution in [0.5, 0.6) is 17.4 Å². The number of nitrogens with zero attached hydrogens (tertiary/aromatic N) is 2. The summed E-state index contributed by atoms with van der Waals surface area (Å²) in [6, 6.07) is 9.21. The van der Waals surface area contributed by atoms with Crippen LogP contribution in [0.4, 0.5) is 10.5 Å². The maximum atomic E-state index is 12.4. The van der Waals surface area contributed by atoms with E-state index in [0.29, 0.717) is 41.6 Å². The smallest absolute Gasteiger partial charge is 0.319 e. The van der Waals surface area contributed by atoms with Crippen LogP contribution in [0.3, 0.4) is 0 Å². The van der Waals surface area contributed by atoms with Gasteiger partial charge in [0.2, 0.25) is 5.88 Å². The van der Waals surface area contributed by atoms with E-state index in [0.717, 1.165) is 38.3 Å². The monoisotopic (exact) mass is 442 g/mol. The highest BCUT2D eigenvalue weighted by molar-refractivity contribution is 5.89. The number of amides is 2. The normalized spacial score (nSPS) is 15.3. The Morgan fingerprint density at radius 2 is 1.97 bits per heavy atom. The number of aromatic nitrogens is 1. The number of methoxy groups -OCH3 is 1. The molecule has 2 heterocycles. The molecule has 1 aromatic heterocycles. The number of pyridine rings is 1. The number of hydrogen-bond donors (Lipinski definition) is 2. The van der Waals surface area contributed by atoms with Crippen LogP contribution in [-0.2, 0) is 4.74 Å². The molecule has 174 valence electrons. The molecule has 0 aliphatic carbocycles. The zero-order valence-corrected chi connectivity index (χ0v) is 19.4. The van der Waals surface area contributed by atoms with Crippen molar-refractivity contribution in [3.8, 4) is 17.4 Å². The van der Waals surface area contributed by atoms with E-state index in [1.807, 2.05) is 25.1 Å². The Labute approximate surface area is 190 Å². The third-order valence-electron chi connectivity index (χ3n) is 5.33. The molecule has 1 saturated heterocycles. The van der Waals surface area contributed by atoms with E-state index in [4.69, 9.17) is 14.2 Å². The van der Waals surface area contributed by atoms with Gasteiger partial charge >= 0.3 is 6.03 Å². The van der Waals surface area contributed by atoms with E-state index in [1.165, 1.54) is 0 Å². The van der Waals surface area contributed by atoms with Crippen molar-refractivity contribution in [1.29, 1.82) is 0 Å². The number of morpholine rings is 1. The van der Waals surface area contributed by atoms with E-state index >= 15 is 0 Å². The van der Waals surface area contributed by atoms with Crippen molar-refractivity contribution in [3.63, 3.8) is 0 Å². The zero-order valence-electron chi connectivity index (χ0n) is 19.4. The van der Waals surface area contributed by atoms with E-state index in [2.05, 4.69) is 34.4 Å². The molecule has 1 aliphatic rings. The zero-order chi connectivity index (χ0) is 22.9. The molecule has 2 aromatic rings. The summed E-state index contributed by atoms with van der Waals surface area (Å²) < 4.78 is 16.6. The number of benzene rings is 1. The first-order valence-electron chi connectivity index (χ1n) is 11.1. The Hall–Kier alpha value is -2.84. The van der Waals surface area contributed by atoms with E-state index in [1.54, 1.807) is 25.4 Å². The summed E-state index contributed by atoms with van der Waals surface area (Å²) >= 11 is 0. The lowest BCUT2D eigenvalue weighted by atomic mass is 10.0. The van der Waals surface area contributed by atoms with Crippen molar-refractivity contribution in [2.75, 3.05) is 45.3 Å². The molecule has 1 atom stereocenters. The molecule has 8 heteroatoms. The van der Waals surface area contributed by atoms with Crippen LogP contribution in [0, 0.1) is 12.8 Å². The summed E-state index contributed by atoms with van der Waals surface area (Å²) in [7, 11) is 1.60. The summed E-state index contributed by atoms with van der Waals surface area (Å²) in [5.41, 5.74) is 1.68. The third-order valence-corrected chi connectivity index (χ3v) is 5.33. The maximum Gasteiger partial charge on any atom is 0.319 e. The molecule has 0 saturated carbocycles. The molecule has 1 fully saturated rings. The Kier molecular flexibility index (Phi) is 8.70. The summed E-state index contributed by atoms with van der Waals surface area (Å²) in [5.74, 6) is 2.20. The lowest BCUT2D eigenvalue weighted by Gasteiger charge is -2.35. The number of urea groups is 1. The van der Waals surface area contributed by atoms with Gasteiger partial charge in [-0.3, -0.25) is 4.90 Å². The number of hydrogen-bond acceptors (Lipinski definition) is 6. The Bertz CT molecular complexity index is 867. The fraction of sp³-hybridized carbons (Fsp3) is 0.500. The minimum Gasteiger partial charge on any atom is -0.493 e. The Morgan fingerprint density at radius 1 is 1.19 bits per heavy atom. The average Bonchev–Trinajstić information content (AvgIpc) is 2.79. The summed E-state index contributed by atoms with van der Waals surface area (Å²) in [6.07, 6.45) is 2.60. The highest BCUT2D eigenvalue weighted by atomic mass is 16.5. The van der Waals surface area contributed by atoms with Gasteiger partial charge in [0.1, 0.15) is 0 Å². The molecule has 2 amide bonds. The summed E-state index contributed by atoms with van der Waals surface area (Å²) in [4.78, 5) is 19.1. The predicted molar refractivity (Wildman–Crippen MR) is 125 cm³/mol. The molecular formula is C24H34N4O4. The second kappa shape index (κ2) is 11.7. The van der Waals surface area contributed by atoms with E-state index in [-0.39, 0.29) is 6.03 Å². The molecule has 0 spiro atoms. The highest BCUT2D eigenvalue weighted by Gasteiger charge is 2.22. The van der Waals surface area contributed by atoms with Crippen LogP contribution in [0.15, 0.2) is 36.5 Å². The topological polar surface area (TPSA) is 85.0 Å². The quantitative estimate of drug-likeness (QED) is 0.609. The van der Waals surface area contributed by atoms with Gasteiger partial charge in [-0.15, -0.1) is 0 Å². The van der Waals surface area contributed by atoms with Crippen LogP contribution < -0.4 is 20.1 Å². The van der Waals surface area contributed by atoms with Gasteiger partial charge in [-0.25, -0.2) is 9.78 Å². The van der Waals surface area contributed by atoms with Gasteiger partial charge in [-0.05, 0) is 43.0 Å². The first kappa shape index (κ1) is 23.8. The minimum atomic E-state index is -0.248. The number of carbonyl (C=O) groups is 1. The minimum absolute atomic E-state index is 0.248. The standard InChI is InChI=1S/C24H34N4O4/c1-17(2)13-20(28-9-11-31-12-10-28)16-26-24(29)27-19-6-8-23(25-15-19)32-21-7-5-18(3)14-22(21)30-4/h5-8,14-15,17,20H,9-13,16H2,1-4H3,(H2,26,27,29). The van der Waals surface area contributed by atoms with Gasteiger partial charge in [-0.2, -0.15) is 0 Å². The molecule has 0 bridgehead atoms. The van der Waals surface area contributed by atoms with Crippen molar-refractivity contribution in [2.24, 2.45) is 5.92 Å². The van der Waals surface area contributed by atoms with Crippen LogP contribution in [0.25, 0.3) is 0 Å². The Morgan fingerprint density at radius 3 is 2.62 bits per heavy atom. The first-order valence-corrected chi connectivity index (χ1v) is 11.1. The highest BCUT2D eigenvalue weighted by Crippen LogP contribution is 2.31. The molecule has 8 nitrogen and oxygen atoms in total. The van der Waals surface area contributed by atoms with Gasteiger partial charge in [0.25, 0.3) is 0 Å². The number of rotatable bonds is 9. The molecule has 1 aromatic carbocycles. The second-order valence-electron chi connectivity index (χ2n) is 8.41. The summed E-state index contributed by atoms with van der Waals surface area (Å²) in [5, 5.41) is 5.84. The number of aryl methyl sites for hydroxylation is 1. The third kappa shape index (κ3) is 7.10. The Balaban J connectivity index is 1.52. The predicted octanol–water partition coefficient (Wildman–Crippen LogP) is 4.06. The number of carbonyl (C=O) groups excluding carboxylic acids is 1. The fourth-order valence-electron chi connectivity index (χ4n) is 3.72. The maximum absolute atomic E-state index is 12.4. The number of anilines is 1. The molecule has 2 N–H and O–H groups in total. The van der Waals surface area contributed by atoms with E-state index in [9.17, 15) is 4.79 Å². The fourth-order valence-corrected chi connectivity index (χ4v) is 3.72. The van der Waals surface area contributed by atoms with Gasteiger partial charge in [-0.1, -0.05) is 19.9 Å². The van der Waals surface area contributed by atoms with Crippen molar-refractivity contribution in [2.45, 2.75) is 33.2 Å². The molecule has 1 aliphatic heterocycles. The molecule has 1 unspecified atom stereocenters. The van der Waals surface area contributed by atoms with Crippen molar-refractivity contribution in [1.82, 2.24) is 15.2 Å². The van der Waals surface area contributed by atoms with Crippen LogP contribution in [0.2, 0.25) is 0 Å². The lowest BCUT2D eigenvalue weighted by Crippen LogP contribution is -2.49. The van der Waals surface area contributed by atoms with Gasteiger partial charge in [0, 0.05) is 31.7 Å². The SMILES string of the molecule is COc1cc(C)ccc1Oc1ccc(NC(=O)NCC(CC(C)C)N2CCOCC2)cn1. The van der Waals surface area contributed by atoms with E-state index < -0.39 is 0 Å². The summed E-state index contributed by atoms with van der Waals surface area (Å²) in [6.45, 7) is 10.3. The van der Waals surface area contributed by atoms with Gasteiger partial charge in [0.15, 0.2) is 11.5 Å². The largest absolute Gasteiger partial charge is 0.493 e. The molecule has 0 radical (unpaired) electrons. The van der Waals surface area contributed by atoms with Gasteiger partial charge < -0.3 is 24.8 Å². The number of nitrogens with one attached hydrogen (secondary N) is 2. The van der Waals surface area contributed by atoms with Crippen molar-refractivity contribution >= 4 is 11.7 Å². The van der Waals surface area contributed by atoms with Crippen LogP contribution in [-0.4, -0.2) is 61.9 Å². The number of ether oxygens (including phenoxy) is 3. The van der Waals surface area contributed by atoms with Crippen molar-refractivity contribution < 1.29 is 19.0 Å². The lowest BCUT2D eigenvalue weighted by molar-refractivity contribution is 0.0130. The van der Waals surface area contributed by atoms with Crippen LogP contribution >= 0.6 is 0 Å². The molecule has 32 heavy (non-hydrogen) atoms. The molecular weight excluding hydrogens is 408 g/mol. The van der Waals surface area contributed by atoms with Gasteiger partial charge in [0.05, 0.1) is 32.2 Å².